The van der Waals surface area contributed by atoms with Crippen molar-refractivity contribution in [3.63, 3.8) is 0 Å². The van der Waals surface area contributed by atoms with Crippen LogP contribution in [-0.2, 0) is 14.3 Å². The van der Waals surface area contributed by atoms with Gasteiger partial charge in [-0.25, -0.2) is 4.79 Å². The molecular weight excluding hydrogens is 454 g/mol. The van der Waals surface area contributed by atoms with Crippen LogP contribution in [0.25, 0.3) is 0 Å². The van der Waals surface area contributed by atoms with Crippen LogP contribution in [0.1, 0.15) is 0 Å². The summed E-state index contributed by atoms with van der Waals surface area (Å²) in [7, 11) is 0. The molecule has 0 aromatic carbocycles. The maximum absolute atomic E-state index is 12.2. The Morgan fingerprint density at radius 3 is 2.24 bits per heavy atom. The average Bonchev–Trinajstić information content (AvgIpc) is 3.12. The van der Waals surface area contributed by atoms with Crippen LogP contribution in [0, 0.1) is 0 Å². The molecule has 3 fully saturated rings. The number of carbonyl (C=O) groups is 2. The topological polar surface area (TPSA) is 65.7 Å². The Morgan fingerprint density at radius 1 is 1.18 bits per heavy atom. The molecule has 0 aromatic heterocycles. The predicted molar refractivity (Wildman–Crippen MR) is 74.1 cm³/mol. The molecule has 3 aliphatic heterocycles. The molecule has 3 amide bonds. The zero-order chi connectivity index (χ0) is 12.2. The predicted octanol–water partition coefficient (Wildman–Crippen LogP) is 0.572. The van der Waals surface area contributed by atoms with E-state index in [1.807, 2.05) is 45.2 Å². The van der Waals surface area contributed by atoms with Crippen LogP contribution in [0.4, 0.5) is 4.79 Å². The van der Waals surface area contributed by atoms with Crippen molar-refractivity contribution in [2.24, 2.45) is 0 Å². The number of imide groups is 1. The number of hydrogen-bond donors (Lipinski definition) is 0. The fraction of sp³-hybridized carbons (Fsp3) is 0.778. The van der Waals surface area contributed by atoms with Gasteiger partial charge in [0.05, 0.1) is 38.5 Å². The highest BCUT2D eigenvalue weighted by atomic mass is 127. The third kappa shape index (κ3) is 2.28. The second-order valence-electron chi connectivity index (χ2n) is 4.26. The first-order valence-corrected chi connectivity index (χ1v) is 7.40. The standard InChI is InChI=1S/C9H10I2N2O4/c10-9(11)7(14)12(1-5-3-16-5)8(15)13(9)2-6-4-17-6/h5-6H,1-4H2. The van der Waals surface area contributed by atoms with Gasteiger partial charge in [0.2, 0.25) is 1.55 Å². The summed E-state index contributed by atoms with van der Waals surface area (Å²) < 4.78 is 9.36. The number of carbonyl (C=O) groups excluding carboxylic acids is 2. The van der Waals surface area contributed by atoms with Crippen molar-refractivity contribution in [1.29, 1.82) is 0 Å². The number of nitrogens with zero attached hydrogens (tertiary/aromatic N) is 2. The third-order valence-corrected chi connectivity index (χ3v) is 4.97. The molecule has 6 nitrogen and oxygen atoms in total. The number of rotatable bonds is 4. The van der Waals surface area contributed by atoms with E-state index in [1.165, 1.54) is 4.90 Å². The summed E-state index contributed by atoms with van der Waals surface area (Å²) in [5, 5.41) is 0. The van der Waals surface area contributed by atoms with Crippen molar-refractivity contribution in [2.45, 2.75) is 13.8 Å². The first-order chi connectivity index (χ1) is 8.00. The molecule has 0 saturated carbocycles. The van der Waals surface area contributed by atoms with Gasteiger partial charge in [-0.05, 0) is 45.2 Å². The third-order valence-electron chi connectivity index (χ3n) is 2.88. The molecule has 0 radical (unpaired) electrons. The molecule has 0 spiro atoms. The van der Waals surface area contributed by atoms with Crippen molar-refractivity contribution >= 4 is 57.1 Å². The molecule has 3 aliphatic rings. The summed E-state index contributed by atoms with van der Waals surface area (Å²) >= 11 is 4.03. The molecule has 17 heavy (non-hydrogen) atoms. The smallest absolute Gasteiger partial charge is 0.329 e. The molecule has 2 unspecified atom stereocenters. The second kappa shape index (κ2) is 4.17. The largest absolute Gasteiger partial charge is 0.371 e. The average molecular weight is 464 g/mol. The monoisotopic (exact) mass is 464 g/mol. The number of urea groups is 1. The summed E-state index contributed by atoms with van der Waals surface area (Å²) in [5.74, 6) is -0.167. The molecule has 0 aliphatic carbocycles. The van der Waals surface area contributed by atoms with Crippen molar-refractivity contribution < 1.29 is 19.1 Å². The first kappa shape index (κ1) is 12.4. The van der Waals surface area contributed by atoms with E-state index in [0.29, 0.717) is 26.3 Å². The maximum Gasteiger partial charge on any atom is 0.329 e. The Morgan fingerprint density at radius 2 is 1.71 bits per heavy atom. The SMILES string of the molecule is O=C1N(CC2CO2)C(=O)C(I)(I)N1CC1CO1. The number of alkyl halides is 2. The van der Waals surface area contributed by atoms with E-state index in [0.717, 1.165) is 0 Å². The molecule has 3 saturated heterocycles. The van der Waals surface area contributed by atoms with Crippen LogP contribution >= 0.6 is 45.2 Å². The summed E-state index contributed by atoms with van der Waals surface area (Å²) in [6.07, 6.45) is 0.122. The number of hydrogen-bond acceptors (Lipinski definition) is 4. The van der Waals surface area contributed by atoms with Gasteiger partial charge in [0.1, 0.15) is 0 Å². The Kier molecular flexibility index (Phi) is 3.03. The summed E-state index contributed by atoms with van der Waals surface area (Å²) in [5.41, 5.74) is 0. The van der Waals surface area contributed by atoms with Crippen LogP contribution in [0.15, 0.2) is 0 Å². The summed E-state index contributed by atoms with van der Waals surface area (Å²) in [4.78, 5) is 27.2. The van der Waals surface area contributed by atoms with Crippen LogP contribution in [-0.4, -0.2) is 61.8 Å². The maximum atomic E-state index is 12.2. The van der Waals surface area contributed by atoms with Gasteiger partial charge in [-0.15, -0.1) is 0 Å². The number of amides is 3. The van der Waals surface area contributed by atoms with Gasteiger partial charge in [-0.1, -0.05) is 0 Å². The van der Waals surface area contributed by atoms with Gasteiger partial charge in [0.25, 0.3) is 5.91 Å². The Labute approximate surface area is 125 Å². The lowest BCUT2D eigenvalue weighted by atomic mass is 10.4. The number of halogens is 2. The number of epoxide rings is 2. The fourth-order valence-corrected chi connectivity index (χ4v) is 3.13. The Bertz CT molecular complexity index is 381. The fourth-order valence-electron chi connectivity index (χ4n) is 1.74. The minimum atomic E-state index is -0.826. The Hall–Kier alpha value is 0.320. The van der Waals surface area contributed by atoms with Gasteiger partial charge in [0.15, 0.2) is 0 Å². The molecule has 0 bridgehead atoms. The zero-order valence-electron chi connectivity index (χ0n) is 8.77. The van der Waals surface area contributed by atoms with Crippen molar-refractivity contribution in [3.05, 3.63) is 0 Å². The van der Waals surface area contributed by atoms with E-state index in [2.05, 4.69) is 0 Å². The first-order valence-electron chi connectivity index (χ1n) is 5.24. The van der Waals surface area contributed by atoms with Crippen LogP contribution in [0.2, 0.25) is 0 Å². The van der Waals surface area contributed by atoms with Crippen molar-refractivity contribution in [1.82, 2.24) is 9.80 Å². The molecule has 0 aromatic rings. The highest BCUT2D eigenvalue weighted by Gasteiger charge is 2.56. The quantitative estimate of drug-likeness (QED) is 0.201. The molecule has 0 N–H and O–H groups in total. The molecule has 2 atom stereocenters. The van der Waals surface area contributed by atoms with E-state index in [9.17, 15) is 9.59 Å². The van der Waals surface area contributed by atoms with E-state index in [1.54, 1.807) is 4.90 Å². The highest BCUT2D eigenvalue weighted by molar-refractivity contribution is 14.2. The van der Waals surface area contributed by atoms with Gasteiger partial charge < -0.3 is 9.47 Å². The van der Waals surface area contributed by atoms with Crippen LogP contribution in [0.3, 0.4) is 0 Å². The second-order valence-corrected chi connectivity index (χ2v) is 9.45. The van der Waals surface area contributed by atoms with E-state index in [-0.39, 0.29) is 24.1 Å². The highest BCUT2D eigenvalue weighted by Crippen LogP contribution is 2.41. The van der Waals surface area contributed by atoms with Gasteiger partial charge in [-0.2, -0.15) is 0 Å². The summed E-state index contributed by atoms with van der Waals surface area (Å²) in [6, 6.07) is -0.232. The lowest BCUT2D eigenvalue weighted by molar-refractivity contribution is -0.126. The van der Waals surface area contributed by atoms with E-state index >= 15 is 0 Å². The normalized spacial score (nSPS) is 34.5. The minimum absolute atomic E-state index is 0.0311. The molecule has 3 rings (SSSR count). The summed E-state index contributed by atoms with van der Waals surface area (Å²) in [6.45, 7) is 2.16. The van der Waals surface area contributed by atoms with Crippen LogP contribution in [0.5, 0.6) is 0 Å². The van der Waals surface area contributed by atoms with Gasteiger partial charge in [-0.3, -0.25) is 14.6 Å². The van der Waals surface area contributed by atoms with Gasteiger partial charge >= 0.3 is 6.03 Å². The van der Waals surface area contributed by atoms with Crippen molar-refractivity contribution in [2.75, 3.05) is 26.3 Å². The molecule has 3 heterocycles. The Balaban J connectivity index is 1.77. The molecule has 8 heteroatoms. The number of ether oxygens (including phenoxy) is 2. The van der Waals surface area contributed by atoms with E-state index in [4.69, 9.17) is 9.47 Å². The zero-order valence-corrected chi connectivity index (χ0v) is 13.1. The van der Waals surface area contributed by atoms with Crippen LogP contribution < -0.4 is 0 Å². The lowest BCUT2D eigenvalue weighted by Crippen LogP contribution is -2.40. The lowest BCUT2D eigenvalue weighted by Gasteiger charge is -2.23. The van der Waals surface area contributed by atoms with E-state index < -0.39 is 1.55 Å². The molecule has 94 valence electrons. The van der Waals surface area contributed by atoms with Crippen molar-refractivity contribution in [3.8, 4) is 0 Å². The molecular formula is C9H10I2N2O4. The minimum Gasteiger partial charge on any atom is -0.371 e. The van der Waals surface area contributed by atoms with Gasteiger partial charge in [0, 0.05) is 0 Å².